The first-order chi connectivity index (χ1) is 9.51. The summed E-state index contributed by atoms with van der Waals surface area (Å²) in [5, 5.41) is 14.9. The first-order valence-corrected chi connectivity index (χ1v) is 8.21. The number of aliphatic hydroxyl groups excluding tert-OH is 1. The van der Waals surface area contributed by atoms with Crippen molar-refractivity contribution in [1.82, 2.24) is 5.32 Å². The number of hydrogen-bond acceptors (Lipinski definition) is 3. The lowest BCUT2D eigenvalue weighted by molar-refractivity contribution is 0.163. The summed E-state index contributed by atoms with van der Waals surface area (Å²) in [7, 11) is 0. The van der Waals surface area contributed by atoms with Gasteiger partial charge in [-0.3, -0.25) is 0 Å². The van der Waals surface area contributed by atoms with Crippen LogP contribution in [0.3, 0.4) is 0 Å². The molecule has 0 aliphatic heterocycles. The lowest BCUT2D eigenvalue weighted by Crippen LogP contribution is -2.33. The predicted molar refractivity (Wildman–Crippen MR) is 86.1 cm³/mol. The molecule has 1 aromatic carbocycles. The molecule has 0 radical (unpaired) electrons. The van der Waals surface area contributed by atoms with Gasteiger partial charge in [0, 0.05) is 18.0 Å². The quantitative estimate of drug-likeness (QED) is 0.724. The zero-order chi connectivity index (χ0) is 15.0. The van der Waals surface area contributed by atoms with E-state index in [-0.39, 0.29) is 18.1 Å². The van der Waals surface area contributed by atoms with Gasteiger partial charge in [-0.25, -0.2) is 4.79 Å². The van der Waals surface area contributed by atoms with E-state index < -0.39 is 0 Å². The molecule has 0 bridgehead atoms. The number of rotatable bonds is 7. The van der Waals surface area contributed by atoms with Gasteiger partial charge >= 0.3 is 6.03 Å². The molecule has 0 saturated heterocycles. The van der Waals surface area contributed by atoms with E-state index in [1.165, 1.54) is 5.56 Å². The molecule has 0 aromatic heterocycles. The fourth-order valence-electron chi connectivity index (χ4n) is 1.96. The normalized spacial score (nSPS) is 13.6. The van der Waals surface area contributed by atoms with E-state index in [2.05, 4.69) is 16.9 Å². The number of aliphatic hydroxyl groups is 1. The van der Waals surface area contributed by atoms with Crippen molar-refractivity contribution in [3.63, 3.8) is 0 Å². The number of anilines is 1. The van der Waals surface area contributed by atoms with Crippen LogP contribution < -0.4 is 10.6 Å². The first kappa shape index (κ1) is 16.9. The summed E-state index contributed by atoms with van der Waals surface area (Å²) in [5.74, 6) is 1.23. The number of carbonyl (C=O) groups is 1. The van der Waals surface area contributed by atoms with Crippen LogP contribution in [-0.4, -0.2) is 30.0 Å². The predicted octanol–water partition coefficient (Wildman–Crippen LogP) is 3.08. The molecule has 4 nitrogen and oxygen atoms in total. The maximum atomic E-state index is 11.7. The van der Waals surface area contributed by atoms with Gasteiger partial charge < -0.3 is 15.7 Å². The number of nitrogens with one attached hydrogen (secondary N) is 2. The van der Waals surface area contributed by atoms with E-state index in [0.717, 1.165) is 11.4 Å². The molecule has 112 valence electrons. The van der Waals surface area contributed by atoms with Crippen LogP contribution in [0.1, 0.15) is 25.8 Å². The van der Waals surface area contributed by atoms with Gasteiger partial charge in [-0.2, -0.15) is 11.8 Å². The minimum absolute atomic E-state index is 0.208. The highest BCUT2D eigenvalue weighted by Crippen LogP contribution is 2.13. The molecule has 0 saturated carbocycles. The van der Waals surface area contributed by atoms with Gasteiger partial charge in [0.1, 0.15) is 0 Å². The highest BCUT2D eigenvalue weighted by Gasteiger charge is 2.08. The van der Waals surface area contributed by atoms with Gasteiger partial charge in [-0.1, -0.05) is 19.1 Å². The molecular weight excluding hydrogens is 272 g/mol. The van der Waals surface area contributed by atoms with Crippen LogP contribution in [0.15, 0.2) is 24.3 Å². The molecule has 2 amide bonds. The minimum Gasteiger partial charge on any atom is -0.393 e. The van der Waals surface area contributed by atoms with Gasteiger partial charge in [-0.05, 0) is 43.2 Å². The Balaban J connectivity index is 2.34. The molecule has 0 heterocycles. The zero-order valence-electron chi connectivity index (χ0n) is 12.3. The molecule has 0 fully saturated rings. The first-order valence-electron chi connectivity index (χ1n) is 6.82. The molecular formula is C15H24N2O2S. The van der Waals surface area contributed by atoms with E-state index in [9.17, 15) is 9.90 Å². The van der Waals surface area contributed by atoms with Crippen molar-refractivity contribution in [2.75, 3.05) is 18.1 Å². The van der Waals surface area contributed by atoms with Crippen molar-refractivity contribution >= 4 is 23.5 Å². The minimum atomic E-state index is -0.334. The smallest absolute Gasteiger partial charge is 0.319 e. The number of benzene rings is 1. The van der Waals surface area contributed by atoms with Gasteiger partial charge in [0.15, 0.2) is 0 Å². The van der Waals surface area contributed by atoms with Crippen molar-refractivity contribution < 1.29 is 9.90 Å². The molecule has 2 atom stereocenters. The Bertz CT molecular complexity index is 407. The lowest BCUT2D eigenvalue weighted by Gasteiger charge is -2.14. The van der Waals surface area contributed by atoms with Gasteiger partial charge in [0.05, 0.1) is 6.10 Å². The van der Waals surface area contributed by atoms with E-state index in [0.29, 0.717) is 13.0 Å². The van der Waals surface area contributed by atoms with Crippen LogP contribution in [0.5, 0.6) is 0 Å². The van der Waals surface area contributed by atoms with Gasteiger partial charge in [0.25, 0.3) is 0 Å². The molecule has 1 rings (SSSR count). The maximum absolute atomic E-state index is 11.7. The lowest BCUT2D eigenvalue weighted by atomic mass is 10.1. The second-order valence-electron chi connectivity index (χ2n) is 5.15. The highest BCUT2D eigenvalue weighted by atomic mass is 32.2. The molecule has 0 aliphatic rings. The largest absolute Gasteiger partial charge is 0.393 e. The summed E-state index contributed by atoms with van der Waals surface area (Å²) >= 11 is 1.77. The van der Waals surface area contributed by atoms with Crippen molar-refractivity contribution in [1.29, 1.82) is 0 Å². The van der Waals surface area contributed by atoms with E-state index >= 15 is 0 Å². The summed E-state index contributed by atoms with van der Waals surface area (Å²) < 4.78 is 0. The zero-order valence-corrected chi connectivity index (χ0v) is 13.2. The molecule has 5 heteroatoms. The Labute approximate surface area is 125 Å². The average Bonchev–Trinajstić information content (AvgIpc) is 2.38. The fraction of sp³-hybridized carbons (Fsp3) is 0.533. The van der Waals surface area contributed by atoms with Gasteiger partial charge in [0.2, 0.25) is 0 Å². The Kier molecular flexibility index (Phi) is 7.47. The Hall–Kier alpha value is -1.20. The number of urea groups is 1. The van der Waals surface area contributed by atoms with Crippen molar-refractivity contribution in [3.8, 4) is 0 Å². The van der Waals surface area contributed by atoms with Crippen LogP contribution in [0.4, 0.5) is 10.5 Å². The number of thioether (sulfide) groups is 1. The summed E-state index contributed by atoms with van der Waals surface area (Å²) in [5.41, 5.74) is 2.03. The Morgan fingerprint density at radius 2 is 1.95 bits per heavy atom. The highest BCUT2D eigenvalue weighted by molar-refractivity contribution is 7.97. The van der Waals surface area contributed by atoms with Crippen LogP contribution in [-0.2, 0) is 5.75 Å². The molecule has 20 heavy (non-hydrogen) atoms. The van der Waals surface area contributed by atoms with E-state index in [1.807, 2.05) is 31.2 Å². The SMILES string of the molecule is CSCc1ccc(NC(=O)NCC(C)CC(C)O)cc1. The standard InChI is InChI=1S/C15H24N2O2S/c1-11(8-12(2)18)9-16-15(19)17-14-6-4-13(5-7-14)10-20-3/h4-7,11-12,18H,8-10H2,1-3H3,(H2,16,17,19). The van der Waals surface area contributed by atoms with E-state index in [1.54, 1.807) is 18.7 Å². The molecule has 3 N–H and O–H groups in total. The monoisotopic (exact) mass is 296 g/mol. The maximum Gasteiger partial charge on any atom is 0.319 e. The van der Waals surface area contributed by atoms with Crippen LogP contribution in [0.25, 0.3) is 0 Å². The van der Waals surface area contributed by atoms with Crippen molar-refractivity contribution in [2.45, 2.75) is 32.1 Å². The second kappa shape index (κ2) is 8.87. The number of hydrogen-bond donors (Lipinski definition) is 3. The van der Waals surface area contributed by atoms with E-state index in [4.69, 9.17) is 0 Å². The van der Waals surface area contributed by atoms with Crippen molar-refractivity contribution in [2.24, 2.45) is 5.92 Å². The summed E-state index contributed by atoms with van der Waals surface area (Å²) in [6, 6.07) is 7.64. The topological polar surface area (TPSA) is 61.4 Å². The average molecular weight is 296 g/mol. The van der Waals surface area contributed by atoms with Gasteiger partial charge in [-0.15, -0.1) is 0 Å². The van der Waals surface area contributed by atoms with Crippen LogP contribution in [0, 0.1) is 5.92 Å². The summed E-state index contributed by atoms with van der Waals surface area (Å²) in [6.45, 7) is 4.32. The molecule has 0 aliphatic carbocycles. The van der Waals surface area contributed by atoms with Crippen molar-refractivity contribution in [3.05, 3.63) is 29.8 Å². The second-order valence-corrected chi connectivity index (χ2v) is 6.02. The van der Waals surface area contributed by atoms with Crippen LogP contribution >= 0.6 is 11.8 Å². The molecule has 2 unspecified atom stereocenters. The Morgan fingerprint density at radius 1 is 1.30 bits per heavy atom. The summed E-state index contributed by atoms with van der Waals surface area (Å²) in [4.78, 5) is 11.7. The third-order valence-electron chi connectivity index (χ3n) is 2.88. The number of carbonyl (C=O) groups excluding carboxylic acids is 1. The molecule has 0 spiro atoms. The Morgan fingerprint density at radius 3 is 2.50 bits per heavy atom. The number of amides is 2. The fourth-order valence-corrected chi connectivity index (χ4v) is 2.48. The molecule has 1 aromatic rings. The third kappa shape index (κ3) is 6.82. The summed E-state index contributed by atoms with van der Waals surface area (Å²) in [6.07, 6.45) is 2.41. The third-order valence-corrected chi connectivity index (χ3v) is 3.50. The van der Waals surface area contributed by atoms with Crippen LogP contribution in [0.2, 0.25) is 0 Å².